The third-order valence-corrected chi connectivity index (χ3v) is 4.93. The van der Waals surface area contributed by atoms with Crippen molar-refractivity contribution in [1.82, 2.24) is 4.90 Å². The van der Waals surface area contributed by atoms with E-state index in [0.29, 0.717) is 17.8 Å². The van der Waals surface area contributed by atoms with E-state index in [9.17, 15) is 9.59 Å². The van der Waals surface area contributed by atoms with Crippen molar-refractivity contribution in [3.05, 3.63) is 59.7 Å². The first kappa shape index (κ1) is 19.1. The molecule has 0 unspecified atom stereocenters. The number of anilines is 2. The lowest BCUT2D eigenvalue weighted by Crippen LogP contribution is -2.32. The molecule has 1 saturated heterocycles. The molecule has 1 aliphatic rings. The van der Waals surface area contributed by atoms with Crippen molar-refractivity contribution in [2.45, 2.75) is 27.2 Å². The van der Waals surface area contributed by atoms with Gasteiger partial charge in [-0.15, -0.1) is 0 Å². The lowest BCUT2D eigenvalue weighted by Gasteiger charge is -2.19. The Morgan fingerprint density at radius 3 is 2.48 bits per heavy atom. The predicted octanol–water partition coefficient (Wildman–Crippen LogP) is 3.92. The Bertz CT molecular complexity index is 831. The Morgan fingerprint density at radius 1 is 1.07 bits per heavy atom. The smallest absolute Gasteiger partial charge is 0.255 e. The maximum Gasteiger partial charge on any atom is 0.255 e. The Labute approximate surface area is 160 Å². The number of hydrogen-bond acceptors (Lipinski definition) is 3. The molecule has 0 aliphatic carbocycles. The second-order valence-electron chi connectivity index (χ2n) is 8.02. The maximum atomic E-state index is 12.5. The fourth-order valence-corrected chi connectivity index (χ4v) is 3.37. The van der Waals surface area contributed by atoms with Gasteiger partial charge < -0.3 is 10.6 Å². The molecule has 1 aliphatic heterocycles. The van der Waals surface area contributed by atoms with Crippen LogP contribution in [-0.2, 0) is 4.79 Å². The molecular formula is C22H27N3O2. The van der Waals surface area contributed by atoms with Crippen molar-refractivity contribution in [3.63, 3.8) is 0 Å². The van der Waals surface area contributed by atoms with Gasteiger partial charge in [-0.3, -0.25) is 14.5 Å². The quantitative estimate of drug-likeness (QED) is 0.844. The molecule has 3 rings (SSSR count). The van der Waals surface area contributed by atoms with E-state index in [1.807, 2.05) is 43.3 Å². The molecule has 0 atom stereocenters. The molecule has 2 amide bonds. The van der Waals surface area contributed by atoms with Gasteiger partial charge in [-0.05, 0) is 55.1 Å². The van der Waals surface area contributed by atoms with E-state index >= 15 is 0 Å². The summed E-state index contributed by atoms with van der Waals surface area (Å²) in [5, 5.41) is 5.83. The summed E-state index contributed by atoms with van der Waals surface area (Å²) < 4.78 is 0. The van der Waals surface area contributed by atoms with Crippen LogP contribution in [0.2, 0.25) is 0 Å². The lowest BCUT2D eigenvalue weighted by atomic mass is 9.93. The second kappa shape index (κ2) is 7.92. The van der Waals surface area contributed by atoms with Crippen LogP contribution in [0.25, 0.3) is 0 Å². The molecule has 0 saturated carbocycles. The molecule has 142 valence electrons. The Balaban J connectivity index is 1.64. The summed E-state index contributed by atoms with van der Waals surface area (Å²) in [5.74, 6) is -0.241. The van der Waals surface area contributed by atoms with Gasteiger partial charge in [0.05, 0.1) is 6.54 Å². The minimum atomic E-state index is -0.196. The van der Waals surface area contributed by atoms with Crippen molar-refractivity contribution >= 4 is 23.2 Å². The summed E-state index contributed by atoms with van der Waals surface area (Å²) in [5.41, 5.74) is 3.14. The molecule has 0 aromatic heterocycles. The highest BCUT2D eigenvalue weighted by Crippen LogP contribution is 2.28. The van der Waals surface area contributed by atoms with Crippen LogP contribution in [-0.4, -0.2) is 36.3 Å². The van der Waals surface area contributed by atoms with Crippen LogP contribution in [0.1, 0.15) is 36.2 Å². The average molecular weight is 365 g/mol. The van der Waals surface area contributed by atoms with Gasteiger partial charge in [-0.1, -0.05) is 38.1 Å². The highest BCUT2D eigenvalue weighted by molar-refractivity contribution is 6.05. The molecule has 0 radical (unpaired) electrons. The molecule has 1 fully saturated rings. The van der Waals surface area contributed by atoms with E-state index in [4.69, 9.17) is 0 Å². The monoisotopic (exact) mass is 365 g/mol. The number of hydrogen-bond donors (Lipinski definition) is 2. The van der Waals surface area contributed by atoms with E-state index in [-0.39, 0.29) is 17.2 Å². The summed E-state index contributed by atoms with van der Waals surface area (Å²) in [6, 6.07) is 14.7. The number of nitrogens with zero attached hydrogens (tertiary/aromatic N) is 1. The van der Waals surface area contributed by atoms with E-state index in [0.717, 1.165) is 30.8 Å². The van der Waals surface area contributed by atoms with E-state index in [1.165, 1.54) is 0 Å². The normalized spacial score (nSPS) is 16.1. The largest absolute Gasteiger partial charge is 0.325 e. The van der Waals surface area contributed by atoms with Crippen LogP contribution >= 0.6 is 0 Å². The van der Waals surface area contributed by atoms with Crippen LogP contribution in [0.5, 0.6) is 0 Å². The van der Waals surface area contributed by atoms with Crippen molar-refractivity contribution in [1.29, 1.82) is 0 Å². The zero-order chi connectivity index (χ0) is 19.4. The zero-order valence-electron chi connectivity index (χ0n) is 16.2. The van der Waals surface area contributed by atoms with Crippen molar-refractivity contribution in [3.8, 4) is 0 Å². The molecule has 2 aromatic rings. The first-order chi connectivity index (χ1) is 12.8. The summed E-state index contributed by atoms with van der Waals surface area (Å²) >= 11 is 0. The minimum Gasteiger partial charge on any atom is -0.325 e. The van der Waals surface area contributed by atoms with E-state index in [1.54, 1.807) is 12.1 Å². The summed E-state index contributed by atoms with van der Waals surface area (Å²) in [6.45, 7) is 8.63. The lowest BCUT2D eigenvalue weighted by molar-refractivity contribution is -0.117. The summed E-state index contributed by atoms with van der Waals surface area (Å²) in [6.07, 6.45) is 1.11. The van der Waals surface area contributed by atoms with Gasteiger partial charge in [0.2, 0.25) is 5.91 Å². The first-order valence-corrected chi connectivity index (χ1v) is 9.32. The molecule has 2 aromatic carbocycles. The fourth-order valence-electron chi connectivity index (χ4n) is 3.37. The van der Waals surface area contributed by atoms with Gasteiger partial charge in [0, 0.05) is 23.5 Å². The van der Waals surface area contributed by atoms with Crippen LogP contribution in [0.15, 0.2) is 48.5 Å². The Hall–Kier alpha value is -2.66. The number of nitrogens with one attached hydrogen (secondary N) is 2. The number of amides is 2. The van der Waals surface area contributed by atoms with Gasteiger partial charge in [0.25, 0.3) is 5.91 Å². The molecule has 5 heteroatoms. The summed E-state index contributed by atoms with van der Waals surface area (Å²) in [7, 11) is 0. The molecular weight excluding hydrogens is 338 g/mol. The van der Waals surface area contributed by atoms with E-state index < -0.39 is 0 Å². The van der Waals surface area contributed by atoms with Gasteiger partial charge in [-0.2, -0.15) is 0 Å². The van der Waals surface area contributed by atoms with Crippen molar-refractivity contribution in [2.75, 3.05) is 30.3 Å². The van der Waals surface area contributed by atoms with E-state index in [2.05, 4.69) is 29.4 Å². The maximum absolute atomic E-state index is 12.5. The standard InChI is InChI=1S/C22H27N3O2/c1-16-9-10-17(21(27)23-18-7-5-4-6-8-18)13-19(16)24-20(26)14-25-12-11-22(2,3)15-25/h4-10,13H,11-12,14-15H2,1-3H3,(H,23,27)(H,24,26). The molecule has 27 heavy (non-hydrogen) atoms. The van der Waals surface area contributed by atoms with Gasteiger partial charge >= 0.3 is 0 Å². The SMILES string of the molecule is Cc1ccc(C(=O)Nc2ccccc2)cc1NC(=O)CN1CCC(C)(C)C1. The fraction of sp³-hybridized carbons (Fsp3) is 0.364. The summed E-state index contributed by atoms with van der Waals surface area (Å²) in [4.78, 5) is 27.1. The van der Waals surface area contributed by atoms with Gasteiger partial charge in [0.15, 0.2) is 0 Å². The number of benzene rings is 2. The topological polar surface area (TPSA) is 61.4 Å². The number of likely N-dealkylation sites (tertiary alicyclic amines) is 1. The predicted molar refractivity (Wildman–Crippen MR) is 109 cm³/mol. The van der Waals surface area contributed by atoms with Crippen LogP contribution in [0.4, 0.5) is 11.4 Å². The minimum absolute atomic E-state index is 0.0450. The second-order valence-corrected chi connectivity index (χ2v) is 8.02. The third-order valence-electron chi connectivity index (χ3n) is 4.93. The van der Waals surface area contributed by atoms with Crippen LogP contribution in [0.3, 0.4) is 0 Å². The highest BCUT2D eigenvalue weighted by atomic mass is 16.2. The van der Waals surface area contributed by atoms with Crippen LogP contribution < -0.4 is 10.6 Å². The third kappa shape index (κ3) is 5.17. The average Bonchev–Trinajstić information content (AvgIpc) is 2.96. The van der Waals surface area contributed by atoms with Crippen molar-refractivity contribution in [2.24, 2.45) is 5.41 Å². The Kier molecular flexibility index (Phi) is 5.61. The highest BCUT2D eigenvalue weighted by Gasteiger charge is 2.30. The molecule has 0 spiro atoms. The molecule has 0 bridgehead atoms. The number of aryl methyl sites for hydroxylation is 1. The molecule has 1 heterocycles. The van der Waals surface area contributed by atoms with Crippen LogP contribution in [0, 0.1) is 12.3 Å². The van der Waals surface area contributed by atoms with Gasteiger partial charge in [0.1, 0.15) is 0 Å². The number of carbonyl (C=O) groups is 2. The number of carbonyl (C=O) groups excluding carboxylic acids is 2. The zero-order valence-corrected chi connectivity index (χ0v) is 16.2. The first-order valence-electron chi connectivity index (χ1n) is 9.32. The number of para-hydroxylation sites is 1. The molecule has 5 nitrogen and oxygen atoms in total. The Morgan fingerprint density at radius 2 is 1.81 bits per heavy atom. The van der Waals surface area contributed by atoms with Gasteiger partial charge in [-0.25, -0.2) is 0 Å². The number of rotatable bonds is 5. The van der Waals surface area contributed by atoms with Crippen molar-refractivity contribution < 1.29 is 9.59 Å². The molecule has 2 N–H and O–H groups in total.